The van der Waals surface area contributed by atoms with Crippen LogP contribution in [-0.2, 0) is 32.7 Å². The lowest BCUT2D eigenvalue weighted by molar-refractivity contribution is -0.870. The lowest BCUT2D eigenvalue weighted by atomic mass is 10.0. The average Bonchev–Trinajstić information content (AvgIpc) is 3.42. The number of likely N-dealkylation sites (N-methyl/N-ethyl adjacent to an activating group) is 1. The fourth-order valence-corrected chi connectivity index (χ4v) is 8.54. The van der Waals surface area contributed by atoms with E-state index < -0.39 is 32.5 Å². The Balaban J connectivity index is 4.25. The highest BCUT2D eigenvalue weighted by Crippen LogP contribution is 2.38. The summed E-state index contributed by atoms with van der Waals surface area (Å²) in [5.74, 6) is -0.878. The van der Waals surface area contributed by atoms with Gasteiger partial charge >= 0.3 is 11.9 Å². The minimum absolute atomic E-state index is 0.0459. The van der Waals surface area contributed by atoms with E-state index in [9.17, 15) is 19.0 Å². The van der Waals surface area contributed by atoms with E-state index in [4.69, 9.17) is 18.5 Å². The minimum Gasteiger partial charge on any atom is -0.756 e. The highest BCUT2D eigenvalue weighted by atomic mass is 31.2. The molecule has 2 unspecified atom stereocenters. The van der Waals surface area contributed by atoms with Gasteiger partial charge in [-0.2, -0.15) is 0 Å². The van der Waals surface area contributed by atoms with Gasteiger partial charge in [-0.3, -0.25) is 14.2 Å². The highest BCUT2D eigenvalue weighted by molar-refractivity contribution is 7.45. The van der Waals surface area contributed by atoms with E-state index >= 15 is 0 Å². The molecule has 80 heavy (non-hydrogen) atoms. The van der Waals surface area contributed by atoms with E-state index in [-0.39, 0.29) is 26.1 Å². The van der Waals surface area contributed by atoms with Crippen LogP contribution in [0.15, 0.2) is 158 Å². The van der Waals surface area contributed by atoms with Crippen LogP contribution < -0.4 is 4.89 Å². The van der Waals surface area contributed by atoms with E-state index in [1.54, 1.807) is 0 Å². The van der Waals surface area contributed by atoms with Crippen LogP contribution in [-0.4, -0.2) is 70.0 Å². The molecular weight excluding hydrogens is 1010 g/mol. The molecule has 0 fully saturated rings. The number of ether oxygens (including phenoxy) is 2. The van der Waals surface area contributed by atoms with Crippen molar-refractivity contribution in [3.8, 4) is 0 Å². The second-order valence-corrected chi connectivity index (χ2v) is 22.7. The van der Waals surface area contributed by atoms with Gasteiger partial charge in [0.05, 0.1) is 27.7 Å². The standard InChI is InChI=1S/C70H114NO8P/c1-6-8-10-12-14-16-18-20-22-24-26-28-30-32-34-35-37-39-41-43-45-47-49-51-53-55-57-59-61-63-70(73)79-68(67-78-80(74,75)77-65-64-71(3,4)5)66-76-69(72)62-60-58-56-54-52-50-48-46-44-42-40-38-36-33-31-29-27-25-23-21-19-17-15-13-11-9-7-2/h8-11,14-17,20-23,26-29,32-34,36-37,39,43,45,49,51,68H,6-7,12-13,18-19,24-25,30-31,35,38,40-42,44,46-48,50,52-67H2,1-5H3/b10-8-,11-9-,16-14-,17-15-,22-20-,23-21-,28-26-,29-27-,34-32-,36-33-,39-37-,45-43-,51-49-. The van der Waals surface area contributed by atoms with E-state index in [0.29, 0.717) is 23.9 Å². The summed E-state index contributed by atoms with van der Waals surface area (Å²) in [5, 5.41) is 0. The summed E-state index contributed by atoms with van der Waals surface area (Å²) >= 11 is 0. The minimum atomic E-state index is -4.66. The van der Waals surface area contributed by atoms with Gasteiger partial charge in [-0.05, 0) is 122 Å². The van der Waals surface area contributed by atoms with E-state index in [0.717, 1.165) is 135 Å². The third-order valence-electron chi connectivity index (χ3n) is 12.5. The fourth-order valence-electron chi connectivity index (χ4n) is 7.82. The van der Waals surface area contributed by atoms with E-state index in [2.05, 4.69) is 172 Å². The van der Waals surface area contributed by atoms with Crippen molar-refractivity contribution in [2.45, 2.75) is 225 Å². The summed E-state index contributed by atoms with van der Waals surface area (Å²) < 4.78 is 34.2. The van der Waals surface area contributed by atoms with Crippen molar-refractivity contribution < 1.29 is 42.1 Å². The summed E-state index contributed by atoms with van der Waals surface area (Å²) in [6.07, 6.45) is 88.6. The number of esters is 2. The Morgan fingerprint density at radius 2 is 0.675 bits per heavy atom. The maximum absolute atomic E-state index is 12.8. The third kappa shape index (κ3) is 62.8. The molecule has 0 radical (unpaired) electrons. The molecule has 0 saturated heterocycles. The van der Waals surface area contributed by atoms with Crippen molar-refractivity contribution in [2.24, 2.45) is 0 Å². The van der Waals surface area contributed by atoms with Gasteiger partial charge in [-0.1, -0.05) is 242 Å². The van der Waals surface area contributed by atoms with E-state index in [1.807, 2.05) is 21.1 Å². The van der Waals surface area contributed by atoms with Crippen molar-refractivity contribution in [2.75, 3.05) is 47.5 Å². The number of rotatable bonds is 55. The number of carbonyl (C=O) groups excluding carboxylic acids is 2. The van der Waals surface area contributed by atoms with Crippen molar-refractivity contribution >= 4 is 19.8 Å². The molecule has 0 saturated carbocycles. The molecule has 0 aliphatic rings. The molecule has 0 rings (SSSR count). The molecule has 0 spiro atoms. The summed E-state index contributed by atoms with van der Waals surface area (Å²) in [7, 11) is 1.12. The number of phosphoric ester groups is 1. The number of allylic oxidation sites excluding steroid dienone is 26. The number of phosphoric acid groups is 1. The normalized spacial score (nSPS) is 14.3. The Kier molecular flexibility index (Phi) is 56.0. The van der Waals surface area contributed by atoms with Crippen LogP contribution in [0.5, 0.6) is 0 Å². The highest BCUT2D eigenvalue weighted by Gasteiger charge is 2.22. The molecule has 0 bridgehead atoms. The first-order valence-corrected chi connectivity index (χ1v) is 32.7. The summed E-state index contributed by atoms with van der Waals surface area (Å²) in [6, 6.07) is 0. The number of unbranched alkanes of at least 4 members (excludes halogenated alkanes) is 15. The Bertz CT molecular complexity index is 1900. The van der Waals surface area contributed by atoms with Crippen LogP contribution in [0.2, 0.25) is 0 Å². The molecule has 0 aromatic rings. The van der Waals surface area contributed by atoms with Crippen LogP contribution in [0.1, 0.15) is 219 Å². The second kappa shape index (κ2) is 59.3. The van der Waals surface area contributed by atoms with Crippen LogP contribution >= 0.6 is 7.82 Å². The Morgan fingerprint density at radius 1 is 0.388 bits per heavy atom. The van der Waals surface area contributed by atoms with Crippen molar-refractivity contribution in [3.05, 3.63) is 158 Å². The number of nitrogens with zero attached hydrogens (tertiary/aromatic N) is 1. The largest absolute Gasteiger partial charge is 0.756 e. The lowest BCUT2D eigenvalue weighted by Gasteiger charge is -2.28. The van der Waals surface area contributed by atoms with Gasteiger partial charge in [0.1, 0.15) is 19.8 Å². The number of hydrogen-bond acceptors (Lipinski definition) is 8. The summed E-state index contributed by atoms with van der Waals surface area (Å²) in [5.41, 5.74) is 0. The van der Waals surface area contributed by atoms with Gasteiger partial charge in [-0.15, -0.1) is 0 Å². The van der Waals surface area contributed by atoms with Crippen LogP contribution in [0, 0.1) is 0 Å². The molecule has 0 amide bonds. The SMILES string of the molecule is CC/C=C\C/C=C\C/C=C\C/C=C\C/C=C\C/C=C\C/C=C\C/C=C\CCCCCCC(=O)OC(COC(=O)CCCCCCCCCCCCC/C=C\C/C=C\C/C=C\C/C=C\C/C=C\CC)COP(=O)([O-])OCC[N+](C)(C)C. The molecule has 10 heteroatoms. The number of carbonyl (C=O) groups is 2. The molecule has 0 heterocycles. The monoisotopic (exact) mass is 1130 g/mol. The quantitative estimate of drug-likeness (QED) is 0.0195. The molecule has 9 nitrogen and oxygen atoms in total. The maximum atomic E-state index is 12.8. The first-order chi connectivity index (χ1) is 39.0. The summed E-state index contributed by atoms with van der Waals surface area (Å²) in [4.78, 5) is 38.0. The lowest BCUT2D eigenvalue weighted by Crippen LogP contribution is -2.37. The van der Waals surface area contributed by atoms with Gasteiger partial charge < -0.3 is 27.9 Å². The Morgan fingerprint density at radius 3 is 1.00 bits per heavy atom. The number of quaternary nitrogens is 1. The van der Waals surface area contributed by atoms with Crippen molar-refractivity contribution in [1.29, 1.82) is 0 Å². The van der Waals surface area contributed by atoms with Crippen molar-refractivity contribution in [3.63, 3.8) is 0 Å². The smallest absolute Gasteiger partial charge is 0.306 e. The zero-order chi connectivity index (χ0) is 58.4. The zero-order valence-corrected chi connectivity index (χ0v) is 52.1. The predicted octanol–water partition coefficient (Wildman–Crippen LogP) is 19.4. The van der Waals surface area contributed by atoms with Gasteiger partial charge in [0.15, 0.2) is 6.10 Å². The molecule has 0 aliphatic carbocycles. The van der Waals surface area contributed by atoms with Gasteiger partial charge in [0, 0.05) is 12.8 Å². The Hall–Kier alpha value is -4.37. The summed E-state index contributed by atoms with van der Waals surface area (Å²) in [6.45, 7) is 3.96. The average molecular weight is 1130 g/mol. The topological polar surface area (TPSA) is 111 Å². The zero-order valence-electron chi connectivity index (χ0n) is 51.2. The Labute approximate surface area is 490 Å². The van der Waals surface area contributed by atoms with Gasteiger partial charge in [0.25, 0.3) is 7.82 Å². The van der Waals surface area contributed by atoms with Crippen molar-refractivity contribution in [1.82, 2.24) is 0 Å². The van der Waals surface area contributed by atoms with Gasteiger partial charge in [0.2, 0.25) is 0 Å². The van der Waals surface area contributed by atoms with Crippen LogP contribution in [0.4, 0.5) is 0 Å². The molecule has 0 aromatic heterocycles. The fraction of sp³-hybridized carbons (Fsp3) is 0.600. The molecule has 0 aliphatic heterocycles. The molecular formula is C70H114NO8P. The molecule has 452 valence electrons. The second-order valence-electron chi connectivity index (χ2n) is 21.3. The molecule has 0 aromatic carbocycles. The molecule has 0 N–H and O–H groups in total. The van der Waals surface area contributed by atoms with Gasteiger partial charge in [-0.25, -0.2) is 0 Å². The molecule has 2 atom stereocenters. The third-order valence-corrected chi connectivity index (χ3v) is 13.5. The first kappa shape index (κ1) is 75.6. The predicted molar refractivity (Wildman–Crippen MR) is 341 cm³/mol. The van der Waals surface area contributed by atoms with Crippen LogP contribution in [0.3, 0.4) is 0 Å². The maximum Gasteiger partial charge on any atom is 0.306 e. The van der Waals surface area contributed by atoms with Crippen LogP contribution in [0.25, 0.3) is 0 Å². The number of hydrogen-bond donors (Lipinski definition) is 0. The first-order valence-electron chi connectivity index (χ1n) is 31.2. The van der Waals surface area contributed by atoms with E-state index in [1.165, 1.54) is 44.9 Å².